The van der Waals surface area contributed by atoms with Crippen LogP contribution in [0.1, 0.15) is 194 Å². The van der Waals surface area contributed by atoms with Crippen molar-refractivity contribution in [3.8, 4) is 0 Å². The van der Waals surface area contributed by atoms with Gasteiger partial charge in [0.25, 0.3) is 0 Å². The van der Waals surface area contributed by atoms with Crippen LogP contribution >= 0.6 is 0 Å². The lowest BCUT2D eigenvalue weighted by Crippen LogP contribution is -2.61. The molecule has 0 aromatic heterocycles. The minimum Gasteiger partial charge on any atom is -0.454 e. The molecule has 0 saturated carbocycles. The minimum atomic E-state index is -1.62. The number of carbonyl (C=O) groups is 2. The summed E-state index contributed by atoms with van der Waals surface area (Å²) in [4.78, 5) is 26.2. The summed E-state index contributed by atoms with van der Waals surface area (Å²) < 4.78 is 17.4. The van der Waals surface area contributed by atoms with Crippen molar-refractivity contribution in [3.05, 3.63) is 60.8 Å². The van der Waals surface area contributed by atoms with E-state index < -0.39 is 67.4 Å². The van der Waals surface area contributed by atoms with Gasteiger partial charge in [-0.25, -0.2) is 0 Å². The van der Waals surface area contributed by atoms with Gasteiger partial charge >= 0.3 is 5.97 Å². The van der Waals surface area contributed by atoms with E-state index >= 15 is 0 Å². The van der Waals surface area contributed by atoms with Crippen molar-refractivity contribution < 1.29 is 49.3 Å². The number of aliphatic hydroxyl groups excluding tert-OH is 5. The highest BCUT2D eigenvalue weighted by Crippen LogP contribution is 2.26. The fourth-order valence-electron chi connectivity index (χ4n) is 7.48. The van der Waals surface area contributed by atoms with Gasteiger partial charge in [0.1, 0.15) is 24.4 Å². The quantitative estimate of drug-likeness (QED) is 0.0150. The Morgan fingerprint density at radius 1 is 0.635 bits per heavy atom. The lowest BCUT2D eigenvalue weighted by atomic mass is 9.99. The van der Waals surface area contributed by atoms with Gasteiger partial charge in [-0.05, 0) is 44.9 Å². The van der Waals surface area contributed by atoms with Crippen LogP contribution < -0.4 is 5.32 Å². The SMILES string of the molecule is CC/C=C/C=C/C=C\C=C/CCCCC(O)C(=O)NC(COC1OC(CO)C(O)C(O)C1OC(=O)CCCCCCCCCCCCC)C(O)/C=C/CCCCCCCCCCC. The third-order valence-corrected chi connectivity index (χ3v) is 11.5. The highest BCUT2D eigenvalue weighted by Gasteiger charge is 2.47. The highest BCUT2D eigenvalue weighted by atomic mass is 16.7. The molecule has 0 radical (unpaired) electrons. The number of hydrogen-bond donors (Lipinski definition) is 6. The average molecular weight is 890 g/mol. The molecular formula is C52H91NO10. The predicted molar refractivity (Wildman–Crippen MR) is 255 cm³/mol. The van der Waals surface area contributed by atoms with Gasteiger partial charge in [0, 0.05) is 6.42 Å². The van der Waals surface area contributed by atoms with Gasteiger partial charge in [0.2, 0.25) is 5.91 Å². The largest absolute Gasteiger partial charge is 0.454 e. The number of amides is 1. The molecule has 1 saturated heterocycles. The summed E-state index contributed by atoms with van der Waals surface area (Å²) in [5, 5.41) is 56.4. The lowest BCUT2D eigenvalue weighted by Gasteiger charge is -2.41. The summed E-state index contributed by atoms with van der Waals surface area (Å²) in [5.41, 5.74) is 0. The molecule has 364 valence electrons. The number of unbranched alkanes of at least 4 members (excludes halogenated alkanes) is 21. The summed E-state index contributed by atoms with van der Waals surface area (Å²) in [7, 11) is 0. The second kappa shape index (κ2) is 40.8. The van der Waals surface area contributed by atoms with E-state index in [1.807, 2.05) is 48.6 Å². The van der Waals surface area contributed by atoms with E-state index in [-0.39, 0.29) is 19.4 Å². The molecule has 1 aliphatic rings. The Morgan fingerprint density at radius 2 is 1.14 bits per heavy atom. The molecule has 0 aromatic carbocycles. The molecule has 1 fully saturated rings. The first-order chi connectivity index (χ1) is 30.7. The molecule has 1 amide bonds. The molecule has 1 heterocycles. The van der Waals surface area contributed by atoms with E-state index in [2.05, 4.69) is 32.2 Å². The lowest BCUT2D eigenvalue weighted by molar-refractivity contribution is -0.305. The third kappa shape index (κ3) is 30.2. The van der Waals surface area contributed by atoms with Gasteiger partial charge < -0.3 is 45.1 Å². The summed E-state index contributed by atoms with van der Waals surface area (Å²) in [6.45, 7) is 5.55. The molecular weight excluding hydrogens is 799 g/mol. The Bertz CT molecular complexity index is 1250. The van der Waals surface area contributed by atoms with Crippen molar-refractivity contribution in [1.82, 2.24) is 5.32 Å². The summed E-state index contributed by atoms with van der Waals surface area (Å²) in [5.74, 6) is -1.24. The van der Waals surface area contributed by atoms with Crippen LogP contribution in [0.3, 0.4) is 0 Å². The topological polar surface area (TPSA) is 175 Å². The zero-order valence-electron chi connectivity index (χ0n) is 39.7. The van der Waals surface area contributed by atoms with E-state index in [0.29, 0.717) is 12.8 Å². The van der Waals surface area contributed by atoms with E-state index in [1.165, 1.54) is 83.5 Å². The van der Waals surface area contributed by atoms with E-state index in [0.717, 1.165) is 64.2 Å². The van der Waals surface area contributed by atoms with Crippen molar-refractivity contribution in [2.75, 3.05) is 13.2 Å². The minimum absolute atomic E-state index is 0.119. The summed E-state index contributed by atoms with van der Waals surface area (Å²) >= 11 is 0. The van der Waals surface area contributed by atoms with Crippen LogP contribution in [0.25, 0.3) is 0 Å². The van der Waals surface area contributed by atoms with Crippen LogP contribution in [0, 0.1) is 0 Å². The Balaban J connectivity index is 2.84. The third-order valence-electron chi connectivity index (χ3n) is 11.5. The number of carbonyl (C=O) groups excluding carboxylic acids is 2. The molecule has 0 spiro atoms. The molecule has 1 aliphatic heterocycles. The molecule has 8 atom stereocenters. The number of allylic oxidation sites excluding steroid dienone is 9. The number of aliphatic hydroxyl groups is 5. The standard InChI is InChI=1S/C52H91NO10/c1-4-7-10-13-16-19-22-25-27-30-33-36-39-45(56)51(60)53-43(44(55)38-35-32-29-26-23-20-17-14-11-8-5-2)42-61-52-50(49(59)48(58)46(41-54)62-52)63-47(57)40-37-34-31-28-24-21-18-15-12-9-6-3/h7,10,13,16,19,22,25,27,35,38,43-46,48-50,52,54-56,58-59H,4-6,8-9,11-12,14-15,17-18,20-21,23-24,26,28-34,36-37,39-42H2,1-3H3,(H,53,60)/b10-7+,16-13+,22-19-,27-25-,38-35+. The molecule has 0 bridgehead atoms. The maximum Gasteiger partial charge on any atom is 0.306 e. The molecule has 0 aliphatic carbocycles. The van der Waals surface area contributed by atoms with Gasteiger partial charge in [-0.2, -0.15) is 0 Å². The van der Waals surface area contributed by atoms with E-state index in [1.54, 1.807) is 6.08 Å². The molecule has 8 unspecified atom stereocenters. The Hall–Kier alpha value is -2.64. The number of ether oxygens (including phenoxy) is 3. The van der Waals surface area contributed by atoms with Crippen LogP contribution in [0.15, 0.2) is 60.8 Å². The Labute approximate surface area is 382 Å². The van der Waals surface area contributed by atoms with Crippen molar-refractivity contribution in [1.29, 1.82) is 0 Å². The first-order valence-electron chi connectivity index (χ1n) is 25.1. The molecule has 1 rings (SSSR count). The summed E-state index contributed by atoms with van der Waals surface area (Å²) in [6.07, 6.45) is 37.2. The number of nitrogens with one attached hydrogen (secondary N) is 1. The number of hydrogen-bond acceptors (Lipinski definition) is 10. The van der Waals surface area contributed by atoms with Gasteiger partial charge in [-0.3, -0.25) is 9.59 Å². The van der Waals surface area contributed by atoms with Crippen LogP contribution in [0.2, 0.25) is 0 Å². The first kappa shape index (κ1) is 58.4. The van der Waals surface area contributed by atoms with Crippen LogP contribution in [-0.4, -0.2) is 99.6 Å². The smallest absolute Gasteiger partial charge is 0.306 e. The Kier molecular flexibility index (Phi) is 37.8. The van der Waals surface area contributed by atoms with Crippen molar-refractivity contribution in [3.63, 3.8) is 0 Å². The molecule has 11 nitrogen and oxygen atoms in total. The molecule has 63 heavy (non-hydrogen) atoms. The van der Waals surface area contributed by atoms with Crippen LogP contribution in [0.5, 0.6) is 0 Å². The number of rotatable bonds is 40. The highest BCUT2D eigenvalue weighted by molar-refractivity contribution is 5.80. The van der Waals surface area contributed by atoms with Crippen molar-refractivity contribution >= 4 is 11.9 Å². The zero-order valence-corrected chi connectivity index (χ0v) is 39.7. The molecule has 0 aromatic rings. The van der Waals surface area contributed by atoms with E-state index in [4.69, 9.17) is 14.2 Å². The van der Waals surface area contributed by atoms with Gasteiger partial charge in [-0.15, -0.1) is 0 Å². The van der Waals surface area contributed by atoms with Crippen LogP contribution in [-0.2, 0) is 23.8 Å². The Morgan fingerprint density at radius 3 is 1.71 bits per heavy atom. The van der Waals surface area contributed by atoms with Gasteiger partial charge in [0.05, 0.1) is 25.4 Å². The van der Waals surface area contributed by atoms with Crippen molar-refractivity contribution in [2.45, 2.75) is 243 Å². The molecule has 11 heteroatoms. The zero-order chi connectivity index (χ0) is 46.2. The molecule has 6 N–H and O–H groups in total. The maximum absolute atomic E-state index is 13.3. The monoisotopic (exact) mass is 890 g/mol. The average Bonchev–Trinajstić information content (AvgIpc) is 3.28. The van der Waals surface area contributed by atoms with Crippen molar-refractivity contribution in [2.24, 2.45) is 0 Å². The summed E-state index contributed by atoms with van der Waals surface area (Å²) in [6, 6.07) is -1.04. The number of esters is 1. The predicted octanol–water partition coefficient (Wildman–Crippen LogP) is 9.93. The first-order valence-corrected chi connectivity index (χ1v) is 25.1. The second-order valence-electron chi connectivity index (χ2n) is 17.3. The second-order valence-corrected chi connectivity index (χ2v) is 17.3. The fourth-order valence-corrected chi connectivity index (χ4v) is 7.48. The van der Waals surface area contributed by atoms with Gasteiger partial charge in [-0.1, -0.05) is 204 Å². The van der Waals surface area contributed by atoms with Gasteiger partial charge in [0.15, 0.2) is 12.4 Å². The maximum atomic E-state index is 13.3. The normalized spacial score (nSPS) is 21.0. The van der Waals surface area contributed by atoms with Crippen LogP contribution in [0.4, 0.5) is 0 Å². The van der Waals surface area contributed by atoms with E-state index in [9.17, 15) is 35.1 Å². The fraction of sp³-hybridized carbons (Fsp3) is 0.769.